The Morgan fingerprint density at radius 3 is 2.42 bits per heavy atom. The summed E-state index contributed by atoms with van der Waals surface area (Å²) in [5.41, 5.74) is 2.34. The van der Waals surface area contributed by atoms with Crippen LogP contribution in [0.5, 0.6) is 5.75 Å². The highest BCUT2D eigenvalue weighted by Crippen LogP contribution is 2.39. The standard InChI is InChI=1S/C28H23Cl2FN4O3/c29-20-8-4-9-21(30)26(20)27(37)33-18-11-12-19(25(36)13-18)23-14-24(16-6-3-7-16)35(34-23)28(38)32-15-17-5-1-2-10-22(17)31/h1-2,4-5,8-14,16,36H,3,6-7,15H2,(H,32,38)(H,33,37). The van der Waals surface area contributed by atoms with Gasteiger partial charge in [0.05, 0.1) is 27.0 Å². The van der Waals surface area contributed by atoms with E-state index in [0.29, 0.717) is 22.5 Å². The number of nitrogens with zero attached hydrogens (tertiary/aromatic N) is 2. The summed E-state index contributed by atoms with van der Waals surface area (Å²) in [6.07, 6.45) is 2.90. The Bertz CT molecular complexity index is 1510. The number of nitrogens with one attached hydrogen (secondary N) is 2. The Morgan fingerprint density at radius 1 is 1.03 bits per heavy atom. The molecule has 1 aromatic heterocycles. The number of aromatic hydroxyl groups is 1. The monoisotopic (exact) mass is 552 g/mol. The van der Waals surface area contributed by atoms with E-state index in [4.69, 9.17) is 23.2 Å². The molecule has 194 valence electrons. The number of hydrogen-bond acceptors (Lipinski definition) is 4. The minimum atomic E-state index is -0.518. The lowest BCUT2D eigenvalue weighted by Crippen LogP contribution is -2.31. The summed E-state index contributed by atoms with van der Waals surface area (Å²) in [5.74, 6) is -0.890. The van der Waals surface area contributed by atoms with Crippen molar-refractivity contribution < 1.29 is 19.1 Å². The average molecular weight is 553 g/mol. The quantitative estimate of drug-likeness (QED) is 0.240. The molecule has 3 aromatic carbocycles. The number of hydrogen-bond donors (Lipinski definition) is 3. The van der Waals surface area contributed by atoms with Crippen molar-refractivity contribution >= 4 is 40.8 Å². The van der Waals surface area contributed by atoms with Gasteiger partial charge in [-0.2, -0.15) is 9.78 Å². The van der Waals surface area contributed by atoms with Gasteiger partial charge in [-0.05, 0) is 49.2 Å². The topological polar surface area (TPSA) is 96.3 Å². The average Bonchev–Trinajstić information content (AvgIpc) is 3.26. The third-order valence-corrected chi connectivity index (χ3v) is 7.19. The lowest BCUT2D eigenvalue weighted by molar-refractivity contribution is 0.102. The smallest absolute Gasteiger partial charge is 0.342 e. The van der Waals surface area contributed by atoms with E-state index in [1.165, 1.54) is 16.8 Å². The summed E-state index contributed by atoms with van der Waals surface area (Å²) in [6.45, 7) is 0.0138. The van der Waals surface area contributed by atoms with Crippen LogP contribution in [0.3, 0.4) is 0 Å². The number of carbonyl (C=O) groups is 2. The lowest BCUT2D eigenvalue weighted by atomic mass is 9.82. The fourth-order valence-corrected chi connectivity index (χ4v) is 4.88. The van der Waals surface area contributed by atoms with Crippen LogP contribution in [-0.4, -0.2) is 26.8 Å². The van der Waals surface area contributed by atoms with Crippen LogP contribution in [0.1, 0.15) is 46.8 Å². The highest BCUT2D eigenvalue weighted by atomic mass is 35.5. The molecule has 2 amide bonds. The van der Waals surface area contributed by atoms with Gasteiger partial charge in [0.25, 0.3) is 5.91 Å². The Kier molecular flexibility index (Phi) is 7.35. The molecule has 0 spiro atoms. The summed E-state index contributed by atoms with van der Waals surface area (Å²) >= 11 is 12.2. The number of benzene rings is 3. The molecule has 0 saturated heterocycles. The summed E-state index contributed by atoms with van der Waals surface area (Å²) < 4.78 is 15.3. The molecule has 1 fully saturated rings. The predicted molar refractivity (Wildman–Crippen MR) is 144 cm³/mol. The first-order valence-electron chi connectivity index (χ1n) is 12.0. The summed E-state index contributed by atoms with van der Waals surface area (Å²) in [5, 5.41) is 21.1. The molecule has 5 rings (SSSR count). The fraction of sp³-hybridized carbons (Fsp3) is 0.179. The number of carbonyl (C=O) groups excluding carboxylic acids is 2. The summed E-state index contributed by atoms with van der Waals surface area (Å²) in [7, 11) is 0. The van der Waals surface area contributed by atoms with Gasteiger partial charge in [-0.3, -0.25) is 4.79 Å². The molecule has 0 unspecified atom stereocenters. The van der Waals surface area contributed by atoms with Crippen LogP contribution in [0.25, 0.3) is 11.3 Å². The number of phenolic OH excluding ortho intramolecular Hbond substituents is 1. The van der Waals surface area contributed by atoms with Gasteiger partial charge in [-0.1, -0.05) is 53.9 Å². The highest BCUT2D eigenvalue weighted by Gasteiger charge is 2.28. The molecule has 1 saturated carbocycles. The molecule has 0 bridgehead atoms. The Labute approximate surface area is 228 Å². The number of halogens is 3. The predicted octanol–water partition coefficient (Wildman–Crippen LogP) is 6.98. The summed E-state index contributed by atoms with van der Waals surface area (Å²) in [4.78, 5) is 25.7. The van der Waals surface area contributed by atoms with Gasteiger partial charge in [0, 0.05) is 35.3 Å². The zero-order chi connectivity index (χ0) is 26.8. The van der Waals surface area contributed by atoms with Crippen molar-refractivity contribution in [2.45, 2.75) is 31.7 Å². The molecule has 38 heavy (non-hydrogen) atoms. The van der Waals surface area contributed by atoms with E-state index >= 15 is 0 Å². The van der Waals surface area contributed by atoms with Crippen LogP contribution in [0.15, 0.2) is 66.7 Å². The van der Waals surface area contributed by atoms with Gasteiger partial charge in [-0.25, -0.2) is 9.18 Å². The van der Waals surface area contributed by atoms with Crippen molar-refractivity contribution in [2.75, 3.05) is 5.32 Å². The van der Waals surface area contributed by atoms with E-state index in [-0.39, 0.29) is 33.8 Å². The molecule has 1 aliphatic rings. The van der Waals surface area contributed by atoms with Gasteiger partial charge in [0.2, 0.25) is 0 Å². The number of amides is 2. The van der Waals surface area contributed by atoms with Crippen molar-refractivity contribution in [3.63, 3.8) is 0 Å². The number of phenols is 1. The van der Waals surface area contributed by atoms with Crippen molar-refractivity contribution in [3.05, 3.63) is 99.4 Å². The maximum absolute atomic E-state index is 14.0. The van der Waals surface area contributed by atoms with Crippen LogP contribution >= 0.6 is 23.2 Å². The molecule has 0 aliphatic heterocycles. The maximum atomic E-state index is 14.0. The highest BCUT2D eigenvalue weighted by molar-refractivity contribution is 6.40. The number of aromatic nitrogens is 2. The molecule has 1 heterocycles. The van der Waals surface area contributed by atoms with Crippen LogP contribution in [0.4, 0.5) is 14.9 Å². The zero-order valence-corrected chi connectivity index (χ0v) is 21.6. The van der Waals surface area contributed by atoms with Crippen molar-refractivity contribution in [3.8, 4) is 17.0 Å². The van der Waals surface area contributed by atoms with Gasteiger partial charge < -0.3 is 15.7 Å². The first kappa shape index (κ1) is 25.8. The van der Waals surface area contributed by atoms with E-state index in [9.17, 15) is 19.1 Å². The second-order valence-corrected chi connectivity index (χ2v) is 9.84. The molecular formula is C28H23Cl2FN4O3. The minimum absolute atomic E-state index is 0.0138. The normalized spacial score (nSPS) is 13.1. The second kappa shape index (κ2) is 10.8. The SMILES string of the molecule is O=C(Nc1ccc(-c2cc(C3CCC3)n(C(=O)NCc3ccccc3F)n2)c(O)c1)c1c(Cl)cccc1Cl. The van der Waals surface area contributed by atoms with Crippen molar-refractivity contribution in [1.82, 2.24) is 15.1 Å². The number of anilines is 1. The third-order valence-electron chi connectivity index (χ3n) is 6.56. The van der Waals surface area contributed by atoms with Gasteiger partial charge in [-0.15, -0.1) is 0 Å². The molecule has 3 N–H and O–H groups in total. The van der Waals surface area contributed by atoms with E-state index in [0.717, 1.165) is 25.0 Å². The Hall–Kier alpha value is -3.88. The first-order chi connectivity index (χ1) is 18.3. The van der Waals surface area contributed by atoms with Gasteiger partial charge in [0.1, 0.15) is 11.6 Å². The van der Waals surface area contributed by atoms with Crippen LogP contribution in [0.2, 0.25) is 10.0 Å². The lowest BCUT2D eigenvalue weighted by Gasteiger charge is -2.25. The zero-order valence-electron chi connectivity index (χ0n) is 20.0. The molecule has 10 heteroatoms. The summed E-state index contributed by atoms with van der Waals surface area (Å²) in [6, 6.07) is 16.9. The maximum Gasteiger partial charge on any atom is 0.342 e. The van der Waals surface area contributed by atoms with Crippen LogP contribution in [0, 0.1) is 5.82 Å². The van der Waals surface area contributed by atoms with Gasteiger partial charge in [0.15, 0.2) is 0 Å². The van der Waals surface area contributed by atoms with Crippen LogP contribution < -0.4 is 10.6 Å². The Morgan fingerprint density at radius 2 is 1.76 bits per heavy atom. The van der Waals surface area contributed by atoms with E-state index < -0.39 is 17.8 Å². The van der Waals surface area contributed by atoms with E-state index in [2.05, 4.69) is 15.7 Å². The molecule has 7 nitrogen and oxygen atoms in total. The van der Waals surface area contributed by atoms with E-state index in [1.807, 2.05) is 0 Å². The molecule has 0 radical (unpaired) electrons. The molecular weight excluding hydrogens is 530 g/mol. The fourth-order valence-electron chi connectivity index (χ4n) is 4.31. The second-order valence-electron chi connectivity index (χ2n) is 9.03. The Balaban J connectivity index is 1.38. The first-order valence-corrected chi connectivity index (χ1v) is 12.8. The molecule has 1 aliphatic carbocycles. The molecule has 4 aromatic rings. The minimum Gasteiger partial charge on any atom is -0.507 e. The van der Waals surface area contributed by atoms with Crippen molar-refractivity contribution in [2.24, 2.45) is 0 Å². The third kappa shape index (κ3) is 5.23. The van der Waals surface area contributed by atoms with Gasteiger partial charge >= 0.3 is 6.03 Å². The number of rotatable bonds is 6. The van der Waals surface area contributed by atoms with E-state index in [1.54, 1.807) is 54.6 Å². The van der Waals surface area contributed by atoms with Crippen LogP contribution in [-0.2, 0) is 6.54 Å². The molecule has 0 atom stereocenters. The largest absolute Gasteiger partial charge is 0.507 e. The van der Waals surface area contributed by atoms with Crippen molar-refractivity contribution in [1.29, 1.82) is 0 Å².